The van der Waals surface area contributed by atoms with Crippen molar-refractivity contribution in [3.05, 3.63) is 57.8 Å². The number of hydrogen-bond acceptors (Lipinski definition) is 4. The third kappa shape index (κ3) is 7.02. The highest BCUT2D eigenvalue weighted by atomic mass is 35.5. The molecule has 2 aromatic rings. The number of halogens is 3. The van der Waals surface area contributed by atoms with Crippen molar-refractivity contribution in [3.63, 3.8) is 0 Å². The third-order valence-electron chi connectivity index (χ3n) is 4.78. The van der Waals surface area contributed by atoms with Gasteiger partial charge in [0.25, 0.3) is 5.91 Å². The molecule has 0 heterocycles. The van der Waals surface area contributed by atoms with Crippen LogP contribution in [-0.2, 0) is 4.79 Å². The van der Waals surface area contributed by atoms with Crippen LogP contribution in [0.25, 0.3) is 0 Å². The van der Waals surface area contributed by atoms with Crippen molar-refractivity contribution in [1.82, 2.24) is 5.32 Å². The van der Waals surface area contributed by atoms with Gasteiger partial charge in [0.05, 0.1) is 16.3 Å². The number of anilines is 2. The first-order valence-corrected chi connectivity index (χ1v) is 11.9. The van der Waals surface area contributed by atoms with Crippen LogP contribution in [0.2, 0.25) is 10.0 Å². The van der Waals surface area contributed by atoms with Crippen molar-refractivity contribution in [1.29, 1.82) is 0 Å². The summed E-state index contributed by atoms with van der Waals surface area (Å²) in [6, 6.07) is 8.37. The zero-order chi connectivity index (χ0) is 23.1. The van der Waals surface area contributed by atoms with Crippen LogP contribution in [0, 0.1) is 5.82 Å². The summed E-state index contributed by atoms with van der Waals surface area (Å²) in [5.41, 5.74) is 0.981. The molecule has 0 aliphatic heterocycles. The number of rotatable bonds is 9. The average Bonchev–Trinajstić information content (AvgIpc) is 2.70. The Hall–Kier alpha value is -1.96. The van der Waals surface area contributed by atoms with Crippen LogP contribution in [0.3, 0.4) is 0 Å². The predicted octanol–water partition coefficient (Wildman–Crippen LogP) is 5.47. The zero-order valence-corrected chi connectivity index (χ0v) is 20.2. The minimum atomic E-state index is -0.812. The Kier molecular flexibility index (Phi) is 9.47. The molecule has 5 nitrogen and oxygen atoms in total. The highest BCUT2D eigenvalue weighted by molar-refractivity contribution is 7.98. The quantitative estimate of drug-likeness (QED) is 0.494. The van der Waals surface area contributed by atoms with E-state index in [9.17, 15) is 14.0 Å². The fourth-order valence-corrected chi connectivity index (χ4v) is 3.76. The van der Waals surface area contributed by atoms with Crippen molar-refractivity contribution in [2.24, 2.45) is 0 Å². The van der Waals surface area contributed by atoms with Crippen LogP contribution in [0.4, 0.5) is 15.8 Å². The maximum absolute atomic E-state index is 14.5. The van der Waals surface area contributed by atoms with Crippen molar-refractivity contribution in [2.75, 3.05) is 29.3 Å². The van der Waals surface area contributed by atoms with Gasteiger partial charge in [-0.3, -0.25) is 9.59 Å². The molecule has 0 aliphatic rings. The number of benzene rings is 2. The second-order valence-electron chi connectivity index (χ2n) is 7.29. The average molecular weight is 486 g/mol. The minimum absolute atomic E-state index is 0.126. The van der Waals surface area contributed by atoms with E-state index in [2.05, 4.69) is 10.6 Å². The molecule has 0 radical (unpaired) electrons. The molecule has 2 rings (SSSR count). The van der Waals surface area contributed by atoms with E-state index in [1.165, 1.54) is 18.2 Å². The van der Waals surface area contributed by atoms with Gasteiger partial charge >= 0.3 is 0 Å². The number of nitrogens with zero attached hydrogens (tertiary/aromatic N) is 1. The number of carbonyl (C=O) groups is 2. The van der Waals surface area contributed by atoms with E-state index in [-0.39, 0.29) is 16.6 Å². The SMILES string of the molecule is CSCCC(NC(=O)c1ccc(Cl)cc1Cl)C(=O)Nc1ccc(N(C)C(C)C)c(F)c1. The summed E-state index contributed by atoms with van der Waals surface area (Å²) in [6.45, 7) is 3.92. The van der Waals surface area contributed by atoms with Gasteiger partial charge in [-0.15, -0.1) is 0 Å². The standard InChI is InChI=1S/C22H26Cl2FN3O2S/c1-13(2)28(3)20-8-6-15(12-18(20)25)26-22(30)19(9-10-31-4)27-21(29)16-7-5-14(23)11-17(16)24/h5-8,11-13,19H,9-10H2,1-4H3,(H,26,30)(H,27,29). The highest BCUT2D eigenvalue weighted by Crippen LogP contribution is 2.24. The van der Waals surface area contributed by atoms with Gasteiger partial charge in [-0.1, -0.05) is 23.2 Å². The Morgan fingerprint density at radius 3 is 2.45 bits per heavy atom. The van der Waals surface area contributed by atoms with Crippen molar-refractivity contribution < 1.29 is 14.0 Å². The van der Waals surface area contributed by atoms with Gasteiger partial charge in [0, 0.05) is 23.8 Å². The van der Waals surface area contributed by atoms with Crippen LogP contribution in [0.15, 0.2) is 36.4 Å². The summed E-state index contributed by atoms with van der Waals surface area (Å²) in [5, 5.41) is 6.01. The van der Waals surface area contributed by atoms with Gasteiger partial charge in [0.15, 0.2) is 0 Å². The number of hydrogen-bond donors (Lipinski definition) is 2. The molecule has 0 bridgehead atoms. The lowest BCUT2D eigenvalue weighted by Crippen LogP contribution is -2.44. The molecule has 2 amide bonds. The molecular weight excluding hydrogens is 460 g/mol. The summed E-state index contributed by atoms with van der Waals surface area (Å²) in [6.07, 6.45) is 2.31. The summed E-state index contributed by atoms with van der Waals surface area (Å²) < 4.78 is 14.5. The van der Waals surface area contributed by atoms with E-state index >= 15 is 0 Å². The summed E-state index contributed by atoms with van der Waals surface area (Å²) >= 11 is 13.5. The first-order chi connectivity index (χ1) is 14.6. The Morgan fingerprint density at radius 2 is 1.87 bits per heavy atom. The molecule has 9 heteroatoms. The van der Waals surface area contributed by atoms with Gasteiger partial charge in [0.2, 0.25) is 5.91 Å². The number of nitrogens with one attached hydrogen (secondary N) is 2. The van der Waals surface area contributed by atoms with Crippen LogP contribution < -0.4 is 15.5 Å². The summed E-state index contributed by atoms with van der Waals surface area (Å²) in [7, 11) is 1.80. The van der Waals surface area contributed by atoms with Gasteiger partial charge in [-0.2, -0.15) is 11.8 Å². The second-order valence-corrected chi connectivity index (χ2v) is 9.12. The summed E-state index contributed by atoms with van der Waals surface area (Å²) in [5.74, 6) is -0.703. The van der Waals surface area contributed by atoms with E-state index in [0.29, 0.717) is 28.6 Å². The molecule has 1 atom stereocenters. The van der Waals surface area contributed by atoms with Gasteiger partial charge in [-0.05, 0) is 68.7 Å². The molecule has 168 valence electrons. The zero-order valence-electron chi connectivity index (χ0n) is 17.8. The molecule has 0 saturated heterocycles. The topological polar surface area (TPSA) is 61.4 Å². The fourth-order valence-electron chi connectivity index (χ4n) is 2.79. The molecule has 0 saturated carbocycles. The molecule has 31 heavy (non-hydrogen) atoms. The smallest absolute Gasteiger partial charge is 0.253 e. The van der Waals surface area contributed by atoms with Crippen LogP contribution in [0.5, 0.6) is 0 Å². The Labute approximate surface area is 196 Å². The molecule has 2 N–H and O–H groups in total. The Bertz CT molecular complexity index is 943. The van der Waals surface area contributed by atoms with Crippen molar-refractivity contribution in [2.45, 2.75) is 32.4 Å². The molecule has 1 unspecified atom stereocenters. The van der Waals surface area contributed by atoms with E-state index < -0.39 is 23.7 Å². The van der Waals surface area contributed by atoms with E-state index in [4.69, 9.17) is 23.2 Å². The van der Waals surface area contributed by atoms with E-state index in [1.807, 2.05) is 20.1 Å². The lowest BCUT2D eigenvalue weighted by molar-refractivity contribution is -0.118. The van der Waals surface area contributed by atoms with Gasteiger partial charge in [-0.25, -0.2) is 4.39 Å². The van der Waals surface area contributed by atoms with E-state index in [0.717, 1.165) is 0 Å². The maximum Gasteiger partial charge on any atom is 0.253 e. The lowest BCUT2D eigenvalue weighted by Gasteiger charge is -2.24. The van der Waals surface area contributed by atoms with Crippen LogP contribution >= 0.6 is 35.0 Å². The predicted molar refractivity (Wildman–Crippen MR) is 129 cm³/mol. The minimum Gasteiger partial charge on any atom is -0.370 e. The number of carbonyl (C=O) groups excluding carboxylic acids is 2. The lowest BCUT2D eigenvalue weighted by atomic mass is 10.1. The van der Waals surface area contributed by atoms with E-state index in [1.54, 1.807) is 41.9 Å². The van der Waals surface area contributed by atoms with Crippen LogP contribution in [0.1, 0.15) is 30.6 Å². The molecule has 2 aromatic carbocycles. The molecule has 0 aliphatic carbocycles. The molecule has 0 aromatic heterocycles. The highest BCUT2D eigenvalue weighted by Gasteiger charge is 2.23. The third-order valence-corrected chi connectivity index (χ3v) is 5.97. The Morgan fingerprint density at radius 1 is 1.16 bits per heavy atom. The van der Waals surface area contributed by atoms with Crippen LogP contribution in [-0.4, -0.2) is 43.0 Å². The fraction of sp³-hybridized carbons (Fsp3) is 0.364. The monoisotopic (exact) mass is 485 g/mol. The first kappa shape index (κ1) is 25.3. The summed E-state index contributed by atoms with van der Waals surface area (Å²) in [4.78, 5) is 27.3. The number of thioether (sulfide) groups is 1. The normalized spacial score (nSPS) is 11.9. The van der Waals surface area contributed by atoms with Crippen molar-refractivity contribution >= 4 is 58.2 Å². The molecule has 0 fully saturated rings. The molecular formula is C22H26Cl2FN3O2S. The largest absolute Gasteiger partial charge is 0.370 e. The second kappa shape index (κ2) is 11.6. The Balaban J connectivity index is 2.15. The van der Waals surface area contributed by atoms with Gasteiger partial charge in [0.1, 0.15) is 11.9 Å². The van der Waals surface area contributed by atoms with Gasteiger partial charge < -0.3 is 15.5 Å². The van der Waals surface area contributed by atoms with Crippen molar-refractivity contribution in [3.8, 4) is 0 Å². The first-order valence-electron chi connectivity index (χ1n) is 9.72. The number of amides is 2. The maximum atomic E-state index is 14.5. The molecule has 0 spiro atoms.